The molecule has 1 aliphatic rings. The Labute approximate surface area is 119 Å². The van der Waals surface area contributed by atoms with Crippen molar-refractivity contribution in [2.45, 2.75) is 19.4 Å². The van der Waals surface area contributed by atoms with Gasteiger partial charge in [0.05, 0.1) is 0 Å². The standard InChI is InChI=1S/C16H21N3O/c1-19-8-5-13(6-9-19)16(20)18-11-12-2-3-15-14(10-12)4-7-17-15/h2-4,7,10,13,17H,5-6,8-9,11H2,1H3,(H,18,20). The van der Waals surface area contributed by atoms with Gasteiger partial charge < -0.3 is 15.2 Å². The summed E-state index contributed by atoms with van der Waals surface area (Å²) in [7, 11) is 2.11. The molecule has 1 saturated heterocycles. The van der Waals surface area contributed by atoms with Crippen LogP contribution in [0.3, 0.4) is 0 Å². The monoisotopic (exact) mass is 271 g/mol. The number of amides is 1. The van der Waals surface area contributed by atoms with E-state index in [2.05, 4.69) is 46.5 Å². The highest BCUT2D eigenvalue weighted by molar-refractivity contribution is 5.81. The third-order valence-corrected chi connectivity index (χ3v) is 4.17. The van der Waals surface area contributed by atoms with Crippen LogP contribution in [0.15, 0.2) is 30.5 Å². The molecular formula is C16H21N3O. The Morgan fingerprint density at radius 1 is 1.35 bits per heavy atom. The van der Waals surface area contributed by atoms with Crippen LogP contribution in [0.1, 0.15) is 18.4 Å². The van der Waals surface area contributed by atoms with Gasteiger partial charge in [0.2, 0.25) is 5.91 Å². The Kier molecular flexibility index (Phi) is 3.74. The number of carbonyl (C=O) groups excluding carboxylic acids is 1. The summed E-state index contributed by atoms with van der Waals surface area (Å²) in [5.41, 5.74) is 2.29. The van der Waals surface area contributed by atoms with Crippen LogP contribution in [0.5, 0.6) is 0 Å². The molecule has 3 rings (SSSR count). The molecule has 1 fully saturated rings. The van der Waals surface area contributed by atoms with E-state index in [9.17, 15) is 4.79 Å². The number of likely N-dealkylation sites (tertiary alicyclic amines) is 1. The van der Waals surface area contributed by atoms with Crippen molar-refractivity contribution in [3.63, 3.8) is 0 Å². The first-order valence-electron chi connectivity index (χ1n) is 7.24. The summed E-state index contributed by atoms with van der Waals surface area (Å²) in [6.45, 7) is 2.66. The normalized spacial score (nSPS) is 17.4. The second-order valence-electron chi connectivity index (χ2n) is 5.69. The van der Waals surface area contributed by atoms with Gasteiger partial charge >= 0.3 is 0 Å². The van der Waals surface area contributed by atoms with Gasteiger partial charge in [-0.25, -0.2) is 0 Å². The smallest absolute Gasteiger partial charge is 0.223 e. The zero-order chi connectivity index (χ0) is 13.9. The minimum Gasteiger partial charge on any atom is -0.361 e. The van der Waals surface area contributed by atoms with E-state index in [1.54, 1.807) is 0 Å². The molecule has 4 heteroatoms. The van der Waals surface area contributed by atoms with Gasteiger partial charge in [-0.1, -0.05) is 6.07 Å². The fraction of sp³-hybridized carbons (Fsp3) is 0.438. The molecule has 20 heavy (non-hydrogen) atoms. The fourth-order valence-corrected chi connectivity index (χ4v) is 2.82. The fourth-order valence-electron chi connectivity index (χ4n) is 2.82. The molecule has 1 amide bonds. The van der Waals surface area contributed by atoms with Crippen LogP contribution in [-0.4, -0.2) is 35.9 Å². The van der Waals surface area contributed by atoms with E-state index in [1.807, 2.05) is 6.20 Å². The van der Waals surface area contributed by atoms with Gasteiger partial charge in [-0.05, 0) is 62.1 Å². The van der Waals surface area contributed by atoms with Crippen molar-refractivity contribution >= 4 is 16.8 Å². The molecule has 0 bridgehead atoms. The van der Waals surface area contributed by atoms with E-state index in [-0.39, 0.29) is 11.8 Å². The molecule has 2 N–H and O–H groups in total. The first kappa shape index (κ1) is 13.2. The van der Waals surface area contributed by atoms with Gasteiger partial charge in [0, 0.05) is 24.2 Å². The van der Waals surface area contributed by atoms with Crippen molar-refractivity contribution < 1.29 is 4.79 Å². The number of H-pyrrole nitrogens is 1. The number of rotatable bonds is 3. The van der Waals surface area contributed by atoms with Crippen molar-refractivity contribution in [2.24, 2.45) is 5.92 Å². The van der Waals surface area contributed by atoms with Gasteiger partial charge in [0.25, 0.3) is 0 Å². The van der Waals surface area contributed by atoms with Crippen molar-refractivity contribution in [3.05, 3.63) is 36.0 Å². The predicted octanol–water partition coefficient (Wildman–Crippen LogP) is 2.13. The summed E-state index contributed by atoms with van der Waals surface area (Å²) in [4.78, 5) is 17.6. The SMILES string of the molecule is CN1CCC(C(=O)NCc2ccc3[nH]ccc3c2)CC1. The lowest BCUT2D eigenvalue weighted by Gasteiger charge is -2.28. The lowest BCUT2D eigenvalue weighted by Crippen LogP contribution is -2.38. The van der Waals surface area contributed by atoms with Crippen LogP contribution in [0.25, 0.3) is 10.9 Å². The minimum atomic E-state index is 0.183. The minimum absolute atomic E-state index is 0.183. The number of piperidine rings is 1. The maximum Gasteiger partial charge on any atom is 0.223 e. The Hall–Kier alpha value is -1.81. The van der Waals surface area contributed by atoms with E-state index in [4.69, 9.17) is 0 Å². The number of aromatic amines is 1. The van der Waals surface area contributed by atoms with E-state index >= 15 is 0 Å². The molecule has 0 radical (unpaired) electrons. The maximum absolute atomic E-state index is 12.2. The highest BCUT2D eigenvalue weighted by atomic mass is 16.1. The second kappa shape index (κ2) is 5.67. The number of carbonyl (C=O) groups is 1. The number of aromatic nitrogens is 1. The number of hydrogen-bond donors (Lipinski definition) is 2. The van der Waals surface area contributed by atoms with Gasteiger partial charge in [-0.3, -0.25) is 4.79 Å². The number of fused-ring (bicyclic) bond motifs is 1. The molecule has 106 valence electrons. The van der Waals surface area contributed by atoms with Crippen LogP contribution < -0.4 is 5.32 Å². The summed E-state index contributed by atoms with van der Waals surface area (Å²) < 4.78 is 0. The predicted molar refractivity (Wildman–Crippen MR) is 80.4 cm³/mol. The van der Waals surface area contributed by atoms with Crippen molar-refractivity contribution in [1.82, 2.24) is 15.2 Å². The summed E-state index contributed by atoms with van der Waals surface area (Å²) in [5, 5.41) is 4.26. The Bertz CT molecular complexity index is 597. The quantitative estimate of drug-likeness (QED) is 0.898. The average molecular weight is 271 g/mol. The highest BCUT2D eigenvalue weighted by Crippen LogP contribution is 2.17. The van der Waals surface area contributed by atoms with E-state index in [1.165, 1.54) is 5.39 Å². The Balaban J connectivity index is 1.57. The molecule has 1 aromatic carbocycles. The van der Waals surface area contributed by atoms with Gasteiger partial charge in [0.1, 0.15) is 0 Å². The van der Waals surface area contributed by atoms with Crippen molar-refractivity contribution in [3.8, 4) is 0 Å². The van der Waals surface area contributed by atoms with E-state index in [0.717, 1.165) is 37.0 Å². The molecule has 1 aliphatic heterocycles. The molecule has 1 aromatic heterocycles. The van der Waals surface area contributed by atoms with Crippen LogP contribution in [0.4, 0.5) is 0 Å². The zero-order valence-electron chi connectivity index (χ0n) is 11.9. The second-order valence-corrected chi connectivity index (χ2v) is 5.69. The Morgan fingerprint density at radius 2 is 2.15 bits per heavy atom. The molecule has 4 nitrogen and oxygen atoms in total. The van der Waals surface area contributed by atoms with E-state index in [0.29, 0.717) is 6.54 Å². The van der Waals surface area contributed by atoms with Crippen LogP contribution in [0.2, 0.25) is 0 Å². The largest absolute Gasteiger partial charge is 0.361 e. The molecule has 0 atom stereocenters. The number of hydrogen-bond acceptors (Lipinski definition) is 2. The first-order valence-corrected chi connectivity index (χ1v) is 7.24. The summed E-state index contributed by atoms with van der Waals surface area (Å²) in [5.74, 6) is 0.384. The zero-order valence-corrected chi connectivity index (χ0v) is 11.9. The van der Waals surface area contributed by atoms with Crippen LogP contribution in [0, 0.1) is 5.92 Å². The number of nitrogens with zero attached hydrogens (tertiary/aromatic N) is 1. The molecular weight excluding hydrogens is 250 g/mol. The third-order valence-electron chi connectivity index (χ3n) is 4.17. The average Bonchev–Trinajstić information content (AvgIpc) is 2.93. The summed E-state index contributed by atoms with van der Waals surface area (Å²) in [6.07, 6.45) is 3.88. The number of nitrogens with one attached hydrogen (secondary N) is 2. The topological polar surface area (TPSA) is 48.1 Å². The first-order chi connectivity index (χ1) is 9.72. The van der Waals surface area contributed by atoms with Crippen molar-refractivity contribution in [1.29, 1.82) is 0 Å². The molecule has 0 spiro atoms. The maximum atomic E-state index is 12.2. The lowest BCUT2D eigenvalue weighted by molar-refractivity contribution is -0.126. The van der Waals surface area contributed by atoms with E-state index < -0.39 is 0 Å². The molecule has 2 aromatic rings. The van der Waals surface area contributed by atoms with Gasteiger partial charge in [-0.15, -0.1) is 0 Å². The molecule has 2 heterocycles. The van der Waals surface area contributed by atoms with Gasteiger partial charge in [0.15, 0.2) is 0 Å². The van der Waals surface area contributed by atoms with Crippen LogP contribution in [-0.2, 0) is 11.3 Å². The van der Waals surface area contributed by atoms with Crippen molar-refractivity contribution in [2.75, 3.05) is 20.1 Å². The highest BCUT2D eigenvalue weighted by Gasteiger charge is 2.22. The molecule has 0 saturated carbocycles. The molecule has 0 aliphatic carbocycles. The number of benzene rings is 1. The summed E-state index contributed by atoms with van der Waals surface area (Å²) >= 11 is 0. The van der Waals surface area contributed by atoms with Crippen LogP contribution >= 0.6 is 0 Å². The summed E-state index contributed by atoms with van der Waals surface area (Å²) in [6, 6.07) is 8.30. The Morgan fingerprint density at radius 3 is 2.95 bits per heavy atom. The van der Waals surface area contributed by atoms with Gasteiger partial charge in [-0.2, -0.15) is 0 Å². The lowest BCUT2D eigenvalue weighted by atomic mass is 9.96. The third kappa shape index (κ3) is 2.85. The molecule has 0 unspecified atom stereocenters.